The zero-order chi connectivity index (χ0) is 8.55. The molecule has 0 fully saturated rings. The molecule has 62 valence electrons. The number of rotatable bonds is 1. The normalized spacial score (nSPS) is 10.8. The number of aromatic nitrogens is 3. The van der Waals surface area contributed by atoms with Gasteiger partial charge in [0.05, 0.1) is 5.02 Å². The van der Waals surface area contributed by atoms with E-state index in [1.807, 2.05) is 0 Å². The van der Waals surface area contributed by atoms with Crippen molar-refractivity contribution in [1.29, 1.82) is 0 Å². The van der Waals surface area contributed by atoms with Gasteiger partial charge in [-0.1, -0.05) is 11.6 Å². The fourth-order valence-electron chi connectivity index (χ4n) is 1.04. The Morgan fingerprint density at radius 2 is 2.33 bits per heavy atom. The summed E-state index contributed by atoms with van der Waals surface area (Å²) in [4.78, 5) is 0. The molecule has 0 atom stereocenters. The fourth-order valence-corrected chi connectivity index (χ4v) is 1.24. The number of aliphatic hydroxyl groups excluding tert-OH is 1. The van der Waals surface area contributed by atoms with Crippen LogP contribution in [0, 0.1) is 0 Å². The minimum atomic E-state index is -0.137. The molecule has 1 N–H and O–H groups in total. The number of halogens is 1. The Hall–Kier alpha value is -1.13. The zero-order valence-corrected chi connectivity index (χ0v) is 6.86. The van der Waals surface area contributed by atoms with Crippen molar-refractivity contribution in [3.8, 4) is 0 Å². The molecule has 5 heteroatoms. The summed E-state index contributed by atoms with van der Waals surface area (Å²) in [6.45, 7) is -0.137. The van der Waals surface area contributed by atoms with Gasteiger partial charge in [-0.3, -0.25) is 4.40 Å². The van der Waals surface area contributed by atoms with Crippen LogP contribution in [0.1, 0.15) is 5.82 Å². The van der Waals surface area contributed by atoms with Crippen molar-refractivity contribution in [1.82, 2.24) is 14.6 Å². The van der Waals surface area contributed by atoms with Crippen molar-refractivity contribution in [2.75, 3.05) is 0 Å². The lowest BCUT2D eigenvalue weighted by Crippen LogP contribution is -1.92. The summed E-state index contributed by atoms with van der Waals surface area (Å²) in [6, 6.07) is 3.50. The van der Waals surface area contributed by atoms with Gasteiger partial charge in [-0.15, -0.1) is 10.2 Å². The van der Waals surface area contributed by atoms with E-state index in [1.165, 1.54) is 0 Å². The van der Waals surface area contributed by atoms with Crippen molar-refractivity contribution in [2.24, 2.45) is 0 Å². The molecule has 0 unspecified atom stereocenters. The van der Waals surface area contributed by atoms with E-state index in [0.717, 1.165) is 0 Å². The SMILES string of the molecule is OCc1nnc2c(Cl)cccn12. The fraction of sp³-hybridized carbons (Fsp3) is 0.143. The molecule has 0 saturated heterocycles. The van der Waals surface area contributed by atoms with Gasteiger partial charge in [0.15, 0.2) is 11.5 Å². The summed E-state index contributed by atoms with van der Waals surface area (Å²) < 4.78 is 1.66. The first kappa shape index (κ1) is 7.52. The molecular weight excluding hydrogens is 178 g/mol. The standard InChI is InChI=1S/C7H6ClN3O/c8-5-2-1-3-11-6(4-12)9-10-7(5)11/h1-3,12H,4H2. The van der Waals surface area contributed by atoms with Crippen LogP contribution in [0.5, 0.6) is 0 Å². The van der Waals surface area contributed by atoms with E-state index in [1.54, 1.807) is 22.7 Å². The maximum Gasteiger partial charge on any atom is 0.179 e. The number of hydrogen-bond donors (Lipinski definition) is 1. The van der Waals surface area contributed by atoms with Crippen LogP contribution in [-0.4, -0.2) is 19.7 Å². The number of fused-ring (bicyclic) bond motifs is 1. The maximum absolute atomic E-state index is 8.85. The summed E-state index contributed by atoms with van der Waals surface area (Å²) in [5, 5.41) is 16.9. The van der Waals surface area contributed by atoms with Crippen LogP contribution in [-0.2, 0) is 6.61 Å². The van der Waals surface area contributed by atoms with Gasteiger partial charge in [-0.05, 0) is 12.1 Å². The molecule has 2 aromatic heterocycles. The predicted octanol–water partition coefficient (Wildman–Crippen LogP) is 0.875. The Labute approximate surface area is 73.4 Å². The lowest BCUT2D eigenvalue weighted by Gasteiger charge is -1.95. The third kappa shape index (κ3) is 0.964. The summed E-state index contributed by atoms with van der Waals surface area (Å²) in [5.41, 5.74) is 0.572. The highest BCUT2D eigenvalue weighted by atomic mass is 35.5. The molecule has 0 aliphatic heterocycles. The summed E-state index contributed by atoms with van der Waals surface area (Å²) >= 11 is 5.82. The van der Waals surface area contributed by atoms with E-state index in [2.05, 4.69) is 10.2 Å². The Bertz CT molecular complexity index is 412. The highest BCUT2D eigenvalue weighted by molar-refractivity contribution is 6.33. The molecule has 2 heterocycles. The Morgan fingerprint density at radius 3 is 3.08 bits per heavy atom. The van der Waals surface area contributed by atoms with Gasteiger partial charge in [0.1, 0.15) is 6.61 Å². The molecular formula is C7H6ClN3O. The third-order valence-electron chi connectivity index (χ3n) is 1.60. The third-order valence-corrected chi connectivity index (χ3v) is 1.89. The molecule has 12 heavy (non-hydrogen) atoms. The molecule has 2 rings (SSSR count). The van der Waals surface area contributed by atoms with Crippen molar-refractivity contribution >= 4 is 17.2 Å². The van der Waals surface area contributed by atoms with Gasteiger partial charge in [-0.25, -0.2) is 0 Å². The van der Waals surface area contributed by atoms with Crippen LogP contribution in [0.2, 0.25) is 5.02 Å². The second-order valence-electron chi connectivity index (χ2n) is 2.32. The molecule has 2 aromatic rings. The topological polar surface area (TPSA) is 50.4 Å². The van der Waals surface area contributed by atoms with Gasteiger partial charge < -0.3 is 5.11 Å². The molecule has 0 bridgehead atoms. The largest absolute Gasteiger partial charge is 0.388 e. The number of pyridine rings is 1. The van der Waals surface area contributed by atoms with Crippen LogP contribution in [0.4, 0.5) is 0 Å². The quantitative estimate of drug-likeness (QED) is 0.714. The Morgan fingerprint density at radius 1 is 1.50 bits per heavy atom. The molecule has 0 saturated carbocycles. The molecule has 0 radical (unpaired) electrons. The van der Waals surface area contributed by atoms with E-state index >= 15 is 0 Å². The molecule has 0 aromatic carbocycles. The maximum atomic E-state index is 8.85. The van der Waals surface area contributed by atoms with Crippen LogP contribution >= 0.6 is 11.6 Å². The van der Waals surface area contributed by atoms with E-state index in [4.69, 9.17) is 16.7 Å². The number of nitrogens with zero attached hydrogens (tertiary/aromatic N) is 3. The van der Waals surface area contributed by atoms with Gasteiger partial charge in [0.2, 0.25) is 0 Å². The number of hydrogen-bond acceptors (Lipinski definition) is 3. The molecule has 0 aliphatic rings. The zero-order valence-electron chi connectivity index (χ0n) is 6.11. The smallest absolute Gasteiger partial charge is 0.179 e. The van der Waals surface area contributed by atoms with Gasteiger partial charge in [0, 0.05) is 6.20 Å². The minimum absolute atomic E-state index is 0.137. The summed E-state index contributed by atoms with van der Waals surface area (Å²) in [5.74, 6) is 0.493. The van der Waals surface area contributed by atoms with Crippen LogP contribution in [0.15, 0.2) is 18.3 Å². The highest BCUT2D eigenvalue weighted by Gasteiger charge is 2.05. The highest BCUT2D eigenvalue weighted by Crippen LogP contribution is 2.14. The summed E-state index contributed by atoms with van der Waals surface area (Å²) in [6.07, 6.45) is 1.76. The molecule has 0 spiro atoms. The molecule has 0 amide bonds. The monoisotopic (exact) mass is 183 g/mol. The van der Waals surface area contributed by atoms with E-state index in [9.17, 15) is 0 Å². The number of aliphatic hydroxyl groups is 1. The van der Waals surface area contributed by atoms with Gasteiger partial charge in [0.25, 0.3) is 0 Å². The van der Waals surface area contributed by atoms with E-state index < -0.39 is 0 Å². The van der Waals surface area contributed by atoms with Crippen molar-refractivity contribution in [3.05, 3.63) is 29.2 Å². The van der Waals surface area contributed by atoms with Gasteiger partial charge >= 0.3 is 0 Å². The molecule has 4 nitrogen and oxygen atoms in total. The second-order valence-corrected chi connectivity index (χ2v) is 2.73. The van der Waals surface area contributed by atoms with Crippen LogP contribution in [0.25, 0.3) is 5.65 Å². The predicted molar refractivity (Wildman–Crippen MR) is 43.9 cm³/mol. The van der Waals surface area contributed by atoms with Crippen LogP contribution in [0.3, 0.4) is 0 Å². The van der Waals surface area contributed by atoms with Crippen molar-refractivity contribution in [2.45, 2.75) is 6.61 Å². The minimum Gasteiger partial charge on any atom is -0.388 e. The van der Waals surface area contributed by atoms with E-state index in [-0.39, 0.29) is 6.61 Å². The van der Waals surface area contributed by atoms with E-state index in [0.29, 0.717) is 16.5 Å². The lowest BCUT2D eigenvalue weighted by molar-refractivity contribution is 0.270. The molecule has 0 aliphatic carbocycles. The first-order valence-corrected chi connectivity index (χ1v) is 3.79. The lowest BCUT2D eigenvalue weighted by atomic mass is 10.4. The van der Waals surface area contributed by atoms with Crippen LogP contribution < -0.4 is 0 Å². The average Bonchev–Trinajstić information content (AvgIpc) is 2.49. The van der Waals surface area contributed by atoms with Crippen molar-refractivity contribution in [3.63, 3.8) is 0 Å². The first-order valence-electron chi connectivity index (χ1n) is 3.42. The van der Waals surface area contributed by atoms with Gasteiger partial charge in [-0.2, -0.15) is 0 Å². The Kier molecular flexibility index (Phi) is 1.71. The van der Waals surface area contributed by atoms with Crippen molar-refractivity contribution < 1.29 is 5.11 Å². The second kappa shape index (κ2) is 2.73. The Balaban J connectivity index is 2.80. The summed E-state index contributed by atoms with van der Waals surface area (Å²) in [7, 11) is 0. The first-order chi connectivity index (χ1) is 5.83. The average molecular weight is 184 g/mol.